The monoisotopic (exact) mass is 221 g/mol. The van der Waals surface area contributed by atoms with Crippen LogP contribution in [0, 0.1) is 10.1 Å². The number of nitrogens with zero attached hydrogens (tertiary/aromatic N) is 5. The molecule has 8 heteroatoms. The Labute approximate surface area is 89.3 Å². The Hall–Kier alpha value is -2.35. The molecule has 8 nitrogen and oxygen atoms in total. The van der Waals surface area contributed by atoms with Gasteiger partial charge in [-0.1, -0.05) is 0 Å². The molecule has 1 aromatic carbocycles. The first-order valence-corrected chi connectivity index (χ1v) is 4.34. The van der Waals surface area contributed by atoms with Crippen molar-refractivity contribution in [2.75, 3.05) is 0 Å². The van der Waals surface area contributed by atoms with E-state index in [-0.39, 0.29) is 12.4 Å². The van der Waals surface area contributed by atoms with Crippen LogP contribution in [0.25, 0.3) is 11.4 Å². The molecule has 0 radical (unpaired) electrons. The Bertz CT molecular complexity index is 507. The van der Waals surface area contributed by atoms with E-state index in [1.165, 1.54) is 24.3 Å². The van der Waals surface area contributed by atoms with Gasteiger partial charge < -0.3 is 5.11 Å². The molecule has 0 unspecified atom stereocenters. The van der Waals surface area contributed by atoms with Gasteiger partial charge in [0.2, 0.25) is 5.82 Å². The zero-order valence-corrected chi connectivity index (χ0v) is 8.02. The van der Waals surface area contributed by atoms with Crippen LogP contribution < -0.4 is 0 Å². The Morgan fingerprint density at radius 1 is 1.38 bits per heavy atom. The molecule has 0 aliphatic carbocycles. The van der Waals surface area contributed by atoms with Gasteiger partial charge in [-0.15, -0.1) is 15.0 Å². The molecule has 0 fully saturated rings. The number of nitro benzene ring substituents is 1. The lowest BCUT2D eigenvalue weighted by atomic mass is 10.2. The second-order valence-corrected chi connectivity index (χ2v) is 2.93. The minimum atomic E-state index is -0.484. The molecule has 2 rings (SSSR count). The third-order valence-electron chi connectivity index (χ3n) is 1.92. The molecule has 1 aromatic heterocycles. The Kier molecular flexibility index (Phi) is 2.56. The van der Waals surface area contributed by atoms with Gasteiger partial charge in [-0.05, 0) is 17.3 Å². The van der Waals surface area contributed by atoms with Crippen molar-refractivity contribution < 1.29 is 10.0 Å². The highest BCUT2D eigenvalue weighted by atomic mass is 16.6. The summed E-state index contributed by atoms with van der Waals surface area (Å²) in [5, 5.41) is 30.2. The largest absolute Gasteiger partial charge is 0.373 e. The molecule has 1 heterocycles. The maximum absolute atomic E-state index is 10.4. The molecule has 0 saturated carbocycles. The fourth-order valence-electron chi connectivity index (χ4n) is 1.15. The Morgan fingerprint density at radius 2 is 2.06 bits per heavy atom. The lowest BCUT2D eigenvalue weighted by molar-refractivity contribution is -0.384. The summed E-state index contributed by atoms with van der Waals surface area (Å²) in [6, 6.07) is 5.76. The number of aliphatic hydroxyl groups is 1. The zero-order chi connectivity index (χ0) is 11.5. The van der Waals surface area contributed by atoms with E-state index in [1.807, 2.05) is 0 Å². The molecule has 16 heavy (non-hydrogen) atoms. The van der Waals surface area contributed by atoms with E-state index >= 15 is 0 Å². The lowest BCUT2D eigenvalue weighted by Gasteiger charge is -1.93. The van der Waals surface area contributed by atoms with Crippen molar-refractivity contribution in [2.24, 2.45) is 0 Å². The molecule has 0 spiro atoms. The van der Waals surface area contributed by atoms with Crippen molar-refractivity contribution in [1.82, 2.24) is 20.2 Å². The number of benzene rings is 1. The van der Waals surface area contributed by atoms with E-state index in [1.54, 1.807) is 0 Å². The average Bonchev–Trinajstić information content (AvgIpc) is 2.77. The van der Waals surface area contributed by atoms with E-state index in [9.17, 15) is 10.1 Å². The van der Waals surface area contributed by atoms with Crippen molar-refractivity contribution in [1.29, 1.82) is 0 Å². The van der Waals surface area contributed by atoms with Gasteiger partial charge in [-0.3, -0.25) is 10.1 Å². The van der Waals surface area contributed by atoms with Crippen LogP contribution in [0.1, 0.15) is 0 Å². The second-order valence-electron chi connectivity index (χ2n) is 2.93. The van der Waals surface area contributed by atoms with Gasteiger partial charge in [0.05, 0.1) is 4.92 Å². The summed E-state index contributed by atoms with van der Waals surface area (Å²) >= 11 is 0. The maximum atomic E-state index is 10.4. The molecular weight excluding hydrogens is 214 g/mol. The summed E-state index contributed by atoms with van der Waals surface area (Å²) in [5.74, 6) is 0.309. The molecule has 1 N–H and O–H groups in total. The third kappa shape index (κ3) is 1.86. The number of hydrogen-bond acceptors (Lipinski definition) is 6. The van der Waals surface area contributed by atoms with Gasteiger partial charge in [0, 0.05) is 17.7 Å². The zero-order valence-electron chi connectivity index (χ0n) is 8.02. The van der Waals surface area contributed by atoms with E-state index in [4.69, 9.17) is 5.11 Å². The van der Waals surface area contributed by atoms with Crippen molar-refractivity contribution >= 4 is 5.69 Å². The first kappa shape index (κ1) is 10.2. The van der Waals surface area contributed by atoms with Gasteiger partial charge in [-0.25, -0.2) is 0 Å². The predicted molar refractivity (Wildman–Crippen MR) is 52.1 cm³/mol. The number of hydrogen-bond donors (Lipinski definition) is 1. The van der Waals surface area contributed by atoms with Crippen LogP contribution in [-0.4, -0.2) is 30.2 Å². The third-order valence-corrected chi connectivity index (χ3v) is 1.92. The molecule has 0 aliphatic heterocycles. The van der Waals surface area contributed by atoms with Crippen LogP contribution in [0.3, 0.4) is 0 Å². The summed E-state index contributed by atoms with van der Waals surface area (Å²) < 4.78 is 0. The first-order valence-electron chi connectivity index (χ1n) is 4.34. The normalized spacial score (nSPS) is 10.3. The summed E-state index contributed by atoms with van der Waals surface area (Å²) in [5.41, 5.74) is 0.601. The van der Waals surface area contributed by atoms with Gasteiger partial charge in [0.1, 0.15) is 0 Å². The van der Waals surface area contributed by atoms with Gasteiger partial charge in [-0.2, -0.15) is 0 Å². The Morgan fingerprint density at radius 3 is 2.56 bits per heavy atom. The van der Waals surface area contributed by atoms with Crippen molar-refractivity contribution in [3.8, 4) is 11.4 Å². The molecule has 82 valence electrons. The summed E-state index contributed by atoms with van der Waals surface area (Å²) in [6.45, 7) is -0.361. The van der Waals surface area contributed by atoms with Crippen LogP contribution in [0.4, 0.5) is 5.69 Å². The molecule has 0 saturated heterocycles. The molecule has 0 aliphatic rings. The molecule has 2 aromatic rings. The predicted octanol–water partition coefficient (Wildman–Crippen LogP) is 0.198. The van der Waals surface area contributed by atoms with E-state index in [0.717, 1.165) is 4.80 Å². The van der Waals surface area contributed by atoms with Crippen LogP contribution in [0.2, 0.25) is 0 Å². The number of tetrazole rings is 1. The van der Waals surface area contributed by atoms with Crippen molar-refractivity contribution in [2.45, 2.75) is 6.73 Å². The number of nitro groups is 1. The first-order chi connectivity index (χ1) is 7.70. The van der Waals surface area contributed by atoms with Crippen LogP contribution in [0.15, 0.2) is 24.3 Å². The molecular formula is C8H7N5O3. The highest BCUT2D eigenvalue weighted by molar-refractivity contribution is 5.56. The van der Waals surface area contributed by atoms with Crippen molar-refractivity contribution in [3.63, 3.8) is 0 Å². The number of rotatable bonds is 3. The highest BCUT2D eigenvalue weighted by Gasteiger charge is 2.08. The molecule has 0 amide bonds. The summed E-state index contributed by atoms with van der Waals surface area (Å²) in [6.07, 6.45) is 0. The number of non-ortho nitro benzene ring substituents is 1. The standard InChI is InChI=1S/C8H7N5O3/c14-5-12-10-8(9-11-12)6-1-3-7(4-2-6)13(15)16/h1-4,14H,5H2. The minimum absolute atomic E-state index is 0.00157. The summed E-state index contributed by atoms with van der Waals surface area (Å²) in [4.78, 5) is 11.0. The van der Waals surface area contributed by atoms with E-state index < -0.39 is 4.92 Å². The number of aromatic nitrogens is 4. The molecule has 0 atom stereocenters. The summed E-state index contributed by atoms with van der Waals surface area (Å²) in [7, 11) is 0. The minimum Gasteiger partial charge on any atom is -0.373 e. The van der Waals surface area contributed by atoms with Crippen LogP contribution in [-0.2, 0) is 6.73 Å². The second kappa shape index (κ2) is 4.03. The SMILES string of the molecule is O=[N+]([O-])c1ccc(-c2nnn(CO)n2)cc1. The molecule has 0 bridgehead atoms. The fraction of sp³-hybridized carbons (Fsp3) is 0.125. The highest BCUT2D eigenvalue weighted by Crippen LogP contribution is 2.18. The number of aliphatic hydroxyl groups excluding tert-OH is 1. The van der Waals surface area contributed by atoms with Gasteiger partial charge in [0.15, 0.2) is 6.73 Å². The lowest BCUT2D eigenvalue weighted by Crippen LogP contribution is -2.00. The van der Waals surface area contributed by atoms with E-state index in [0.29, 0.717) is 11.4 Å². The maximum Gasteiger partial charge on any atom is 0.269 e. The smallest absolute Gasteiger partial charge is 0.269 e. The van der Waals surface area contributed by atoms with Gasteiger partial charge >= 0.3 is 0 Å². The van der Waals surface area contributed by atoms with Crippen molar-refractivity contribution in [3.05, 3.63) is 34.4 Å². The quantitative estimate of drug-likeness (QED) is 0.585. The van der Waals surface area contributed by atoms with Crippen LogP contribution >= 0.6 is 0 Å². The Balaban J connectivity index is 2.30. The van der Waals surface area contributed by atoms with E-state index in [2.05, 4.69) is 15.4 Å². The van der Waals surface area contributed by atoms with Crippen LogP contribution in [0.5, 0.6) is 0 Å². The van der Waals surface area contributed by atoms with Gasteiger partial charge in [0.25, 0.3) is 5.69 Å². The fourth-order valence-corrected chi connectivity index (χ4v) is 1.15. The average molecular weight is 221 g/mol. The topological polar surface area (TPSA) is 107 Å².